The molecule has 0 fully saturated rings. The van der Waals surface area contributed by atoms with Crippen molar-refractivity contribution in [1.29, 1.82) is 0 Å². The summed E-state index contributed by atoms with van der Waals surface area (Å²) in [6.07, 6.45) is 1.76. The fourth-order valence-corrected chi connectivity index (χ4v) is 1.88. The molecule has 1 atom stereocenters. The number of carbonyl (C=O) groups is 1. The van der Waals surface area contributed by atoms with Gasteiger partial charge in [-0.25, -0.2) is 9.67 Å². The lowest BCUT2D eigenvalue weighted by atomic mass is 10.2. The van der Waals surface area contributed by atoms with Gasteiger partial charge in [-0.1, -0.05) is 11.8 Å². The van der Waals surface area contributed by atoms with Gasteiger partial charge in [-0.05, 0) is 13.3 Å². The van der Waals surface area contributed by atoms with E-state index in [1.54, 1.807) is 18.8 Å². The van der Waals surface area contributed by atoms with E-state index in [0.717, 1.165) is 18.7 Å². The molecule has 0 saturated carbocycles. The summed E-state index contributed by atoms with van der Waals surface area (Å²) in [5, 5.41) is 13.4. The molecule has 1 aromatic rings. The number of nitrogens with zero attached hydrogens (tertiary/aromatic N) is 3. The van der Waals surface area contributed by atoms with Gasteiger partial charge in [0.2, 0.25) is 0 Å². The third kappa shape index (κ3) is 4.74. The molecule has 1 aromatic heterocycles. The maximum atomic E-state index is 10.4. The molecule has 0 amide bonds. The van der Waals surface area contributed by atoms with Crippen molar-refractivity contribution in [2.75, 3.05) is 12.9 Å². The third-order valence-corrected chi connectivity index (χ3v) is 3.27. The van der Waals surface area contributed by atoms with Gasteiger partial charge in [-0.3, -0.25) is 4.79 Å². The number of thioether (sulfide) groups is 1. The monoisotopic (exact) mass is 259 g/mol. The molecule has 0 saturated heterocycles. The summed E-state index contributed by atoms with van der Waals surface area (Å²) in [6.45, 7) is 1.99. The van der Waals surface area contributed by atoms with Crippen LogP contribution in [0.3, 0.4) is 0 Å². The Morgan fingerprint density at radius 1 is 1.65 bits per heavy atom. The van der Waals surface area contributed by atoms with Crippen molar-refractivity contribution in [2.24, 2.45) is 7.05 Å². The number of carboxylic acid groups (broad SMARTS) is 1. The number of aliphatic carboxylic acids is 1. The molecule has 1 unspecified atom stereocenters. The standard InChI is InChI=1S/C10H17N3O3S/c1-7(16-3)4-5-8-11-10(13(2)12-8)17-6-9(14)15/h7H,4-6H2,1-3H3,(H,14,15). The number of aromatic nitrogens is 3. The van der Waals surface area contributed by atoms with Crippen LogP contribution in [0, 0.1) is 0 Å². The topological polar surface area (TPSA) is 77.2 Å². The van der Waals surface area contributed by atoms with Gasteiger partial charge >= 0.3 is 5.97 Å². The molecule has 1 rings (SSSR count). The van der Waals surface area contributed by atoms with Crippen LogP contribution >= 0.6 is 11.8 Å². The largest absolute Gasteiger partial charge is 0.481 e. The molecule has 96 valence electrons. The first-order valence-corrected chi connectivity index (χ1v) is 6.28. The fraction of sp³-hybridized carbons (Fsp3) is 0.700. The van der Waals surface area contributed by atoms with Crippen LogP contribution < -0.4 is 0 Å². The summed E-state index contributed by atoms with van der Waals surface area (Å²) in [6, 6.07) is 0. The minimum atomic E-state index is -0.854. The average Bonchev–Trinajstić information content (AvgIpc) is 2.64. The van der Waals surface area contributed by atoms with E-state index in [1.165, 1.54) is 11.8 Å². The molecular formula is C10H17N3O3S. The molecule has 0 aliphatic rings. The van der Waals surface area contributed by atoms with Crippen LogP contribution in [0.5, 0.6) is 0 Å². The smallest absolute Gasteiger partial charge is 0.313 e. The minimum Gasteiger partial charge on any atom is -0.481 e. The molecule has 0 spiro atoms. The van der Waals surface area contributed by atoms with Crippen LogP contribution in [0.4, 0.5) is 0 Å². The SMILES string of the molecule is COC(C)CCc1nc(SCC(=O)O)n(C)n1. The highest BCUT2D eigenvalue weighted by molar-refractivity contribution is 7.99. The lowest BCUT2D eigenvalue weighted by Crippen LogP contribution is -2.06. The maximum absolute atomic E-state index is 10.4. The zero-order valence-electron chi connectivity index (χ0n) is 10.2. The lowest BCUT2D eigenvalue weighted by molar-refractivity contribution is -0.133. The Balaban J connectivity index is 2.52. The zero-order valence-corrected chi connectivity index (χ0v) is 11.0. The molecule has 0 radical (unpaired) electrons. The van der Waals surface area contributed by atoms with Crippen LogP contribution in [0.1, 0.15) is 19.2 Å². The van der Waals surface area contributed by atoms with Gasteiger partial charge in [0, 0.05) is 20.6 Å². The highest BCUT2D eigenvalue weighted by Crippen LogP contribution is 2.15. The van der Waals surface area contributed by atoms with E-state index in [1.807, 2.05) is 6.92 Å². The molecule has 6 nitrogen and oxygen atoms in total. The number of hydrogen-bond donors (Lipinski definition) is 1. The molecule has 1 N–H and O–H groups in total. The van der Waals surface area contributed by atoms with Gasteiger partial charge in [0.25, 0.3) is 0 Å². The van der Waals surface area contributed by atoms with Gasteiger partial charge in [-0.2, -0.15) is 5.10 Å². The van der Waals surface area contributed by atoms with Crippen molar-refractivity contribution in [3.63, 3.8) is 0 Å². The molecule has 0 aliphatic carbocycles. The predicted molar refractivity (Wildman–Crippen MR) is 64.2 cm³/mol. The normalized spacial score (nSPS) is 12.6. The van der Waals surface area contributed by atoms with E-state index < -0.39 is 5.97 Å². The minimum absolute atomic E-state index is 0.000444. The van der Waals surface area contributed by atoms with Crippen LogP contribution in [0.25, 0.3) is 0 Å². The second-order valence-corrected chi connectivity index (χ2v) is 4.64. The van der Waals surface area contributed by atoms with Crippen LogP contribution in [0.2, 0.25) is 0 Å². The molecular weight excluding hydrogens is 242 g/mol. The number of aryl methyl sites for hydroxylation is 2. The number of methoxy groups -OCH3 is 1. The Labute approximate surface area is 104 Å². The van der Waals surface area contributed by atoms with Crippen LogP contribution in [-0.4, -0.2) is 44.8 Å². The average molecular weight is 259 g/mol. The van der Waals surface area contributed by atoms with Crippen molar-refractivity contribution >= 4 is 17.7 Å². The number of carboxylic acids is 1. The van der Waals surface area contributed by atoms with Gasteiger partial charge in [-0.15, -0.1) is 0 Å². The summed E-state index contributed by atoms with van der Waals surface area (Å²) in [5.74, 6) is -0.127. The Hall–Kier alpha value is -1.08. The summed E-state index contributed by atoms with van der Waals surface area (Å²) in [7, 11) is 3.44. The van der Waals surface area contributed by atoms with Crippen LogP contribution in [0.15, 0.2) is 5.16 Å². The summed E-state index contributed by atoms with van der Waals surface area (Å²) < 4.78 is 6.75. The van der Waals surface area contributed by atoms with E-state index in [4.69, 9.17) is 9.84 Å². The Kier molecular flexibility index (Phi) is 5.43. The van der Waals surface area contributed by atoms with Gasteiger partial charge in [0.05, 0.1) is 11.9 Å². The second kappa shape index (κ2) is 6.61. The van der Waals surface area contributed by atoms with E-state index in [2.05, 4.69) is 10.1 Å². The summed E-state index contributed by atoms with van der Waals surface area (Å²) in [4.78, 5) is 14.7. The van der Waals surface area contributed by atoms with Crippen molar-refractivity contribution in [1.82, 2.24) is 14.8 Å². The highest BCUT2D eigenvalue weighted by atomic mass is 32.2. The Morgan fingerprint density at radius 3 is 2.94 bits per heavy atom. The maximum Gasteiger partial charge on any atom is 0.313 e. The van der Waals surface area contributed by atoms with Gasteiger partial charge < -0.3 is 9.84 Å². The summed E-state index contributed by atoms with van der Waals surface area (Å²) in [5.41, 5.74) is 0. The first kappa shape index (κ1) is 14.0. The van der Waals surface area contributed by atoms with Crippen molar-refractivity contribution < 1.29 is 14.6 Å². The Morgan fingerprint density at radius 2 is 2.35 bits per heavy atom. The first-order valence-electron chi connectivity index (χ1n) is 5.30. The lowest BCUT2D eigenvalue weighted by Gasteiger charge is -2.05. The van der Waals surface area contributed by atoms with Crippen molar-refractivity contribution in [3.05, 3.63) is 5.82 Å². The van der Waals surface area contributed by atoms with Gasteiger partial charge in [0.15, 0.2) is 11.0 Å². The highest BCUT2D eigenvalue weighted by Gasteiger charge is 2.10. The van der Waals surface area contributed by atoms with Crippen molar-refractivity contribution in [3.8, 4) is 0 Å². The third-order valence-electron chi connectivity index (χ3n) is 2.27. The number of hydrogen-bond acceptors (Lipinski definition) is 5. The van der Waals surface area contributed by atoms with E-state index in [-0.39, 0.29) is 11.9 Å². The molecule has 7 heteroatoms. The Bertz CT molecular complexity index is 381. The van der Waals surface area contributed by atoms with Gasteiger partial charge in [0.1, 0.15) is 0 Å². The van der Waals surface area contributed by atoms with E-state index in [0.29, 0.717) is 5.16 Å². The number of ether oxygens (including phenoxy) is 1. The predicted octanol–water partition coefficient (Wildman–Crippen LogP) is 0.959. The van der Waals surface area contributed by atoms with E-state index >= 15 is 0 Å². The molecule has 0 bridgehead atoms. The first-order chi connectivity index (χ1) is 8.02. The molecule has 0 aliphatic heterocycles. The molecule has 1 heterocycles. The second-order valence-electron chi connectivity index (χ2n) is 3.70. The molecule has 17 heavy (non-hydrogen) atoms. The quantitative estimate of drug-likeness (QED) is 0.735. The number of rotatable bonds is 7. The zero-order chi connectivity index (χ0) is 12.8. The summed E-state index contributed by atoms with van der Waals surface area (Å²) >= 11 is 1.17. The van der Waals surface area contributed by atoms with E-state index in [9.17, 15) is 4.79 Å². The fourth-order valence-electron chi connectivity index (χ4n) is 1.23. The van der Waals surface area contributed by atoms with Crippen molar-refractivity contribution in [2.45, 2.75) is 31.0 Å². The molecule has 0 aromatic carbocycles. The van der Waals surface area contributed by atoms with Crippen LogP contribution in [-0.2, 0) is 23.0 Å².